The predicted molar refractivity (Wildman–Crippen MR) is 72.9 cm³/mol. The second-order valence-corrected chi connectivity index (χ2v) is 4.90. The molecule has 3 heteroatoms. The highest BCUT2D eigenvalue weighted by Crippen LogP contribution is 2.32. The highest BCUT2D eigenvalue weighted by atomic mass is 16.5. The number of nitrogens with zero attached hydrogens (tertiary/aromatic N) is 1. The van der Waals surface area contributed by atoms with Gasteiger partial charge in [0.1, 0.15) is 5.75 Å². The lowest BCUT2D eigenvalue weighted by Crippen LogP contribution is -2.24. The van der Waals surface area contributed by atoms with Crippen molar-refractivity contribution in [2.24, 2.45) is 0 Å². The average molecular weight is 249 g/mol. The summed E-state index contributed by atoms with van der Waals surface area (Å²) < 4.78 is 5.20. The number of ether oxygens (including phenoxy) is 1. The van der Waals surface area contributed by atoms with Crippen molar-refractivity contribution in [2.75, 3.05) is 26.8 Å². The van der Waals surface area contributed by atoms with Crippen LogP contribution in [0.25, 0.3) is 0 Å². The molecule has 18 heavy (non-hydrogen) atoms. The van der Waals surface area contributed by atoms with Crippen molar-refractivity contribution < 1.29 is 9.84 Å². The fourth-order valence-electron chi connectivity index (χ4n) is 2.72. The number of benzene rings is 1. The molecule has 1 saturated heterocycles. The van der Waals surface area contributed by atoms with Gasteiger partial charge < -0.3 is 9.84 Å². The van der Waals surface area contributed by atoms with E-state index in [1.54, 1.807) is 7.11 Å². The van der Waals surface area contributed by atoms with Crippen LogP contribution < -0.4 is 4.74 Å². The molecule has 1 heterocycles. The van der Waals surface area contributed by atoms with E-state index in [9.17, 15) is 0 Å². The summed E-state index contributed by atoms with van der Waals surface area (Å²) in [6, 6.07) is 8.98. The van der Waals surface area contributed by atoms with Crippen LogP contribution in [0.15, 0.2) is 24.3 Å². The molecule has 1 aliphatic heterocycles. The first kappa shape index (κ1) is 13.4. The standard InChI is InChI=1S/C15H23NO2/c1-18-14-8-6-13(7-9-14)15-5-4-11-16(15)10-2-3-12-17/h6-9,15,17H,2-5,10-12H2,1H3. The number of likely N-dealkylation sites (tertiary alicyclic amines) is 1. The second kappa shape index (κ2) is 6.76. The molecule has 0 bridgehead atoms. The molecular formula is C15H23NO2. The van der Waals surface area contributed by atoms with Gasteiger partial charge in [-0.3, -0.25) is 4.90 Å². The maximum atomic E-state index is 8.85. The van der Waals surface area contributed by atoms with Crippen molar-refractivity contribution in [3.8, 4) is 5.75 Å². The average Bonchev–Trinajstić information content (AvgIpc) is 2.88. The minimum absolute atomic E-state index is 0.307. The fourth-order valence-corrected chi connectivity index (χ4v) is 2.72. The number of rotatable bonds is 6. The van der Waals surface area contributed by atoms with Gasteiger partial charge in [-0.2, -0.15) is 0 Å². The van der Waals surface area contributed by atoms with E-state index in [1.165, 1.54) is 24.9 Å². The number of hydrogen-bond acceptors (Lipinski definition) is 3. The molecule has 1 aliphatic rings. The molecule has 3 nitrogen and oxygen atoms in total. The molecule has 0 amide bonds. The van der Waals surface area contributed by atoms with Gasteiger partial charge in [0.05, 0.1) is 7.11 Å². The van der Waals surface area contributed by atoms with Crippen LogP contribution in [0.4, 0.5) is 0 Å². The van der Waals surface area contributed by atoms with E-state index in [2.05, 4.69) is 17.0 Å². The molecule has 2 rings (SSSR count). The smallest absolute Gasteiger partial charge is 0.118 e. The van der Waals surface area contributed by atoms with Gasteiger partial charge in [0.15, 0.2) is 0 Å². The van der Waals surface area contributed by atoms with Crippen LogP contribution in [0, 0.1) is 0 Å². The zero-order chi connectivity index (χ0) is 12.8. The molecule has 0 saturated carbocycles. The Bertz CT molecular complexity index is 350. The summed E-state index contributed by atoms with van der Waals surface area (Å²) in [6.07, 6.45) is 4.51. The zero-order valence-corrected chi connectivity index (χ0v) is 11.1. The third-order valence-corrected chi connectivity index (χ3v) is 3.72. The first-order valence-corrected chi connectivity index (χ1v) is 6.84. The number of aliphatic hydroxyl groups is 1. The maximum Gasteiger partial charge on any atom is 0.118 e. The lowest BCUT2D eigenvalue weighted by molar-refractivity contribution is 0.230. The van der Waals surface area contributed by atoms with E-state index >= 15 is 0 Å². The summed E-state index contributed by atoms with van der Waals surface area (Å²) >= 11 is 0. The van der Waals surface area contributed by atoms with Gasteiger partial charge in [0, 0.05) is 12.6 Å². The van der Waals surface area contributed by atoms with E-state index in [0.29, 0.717) is 12.6 Å². The van der Waals surface area contributed by atoms with E-state index in [0.717, 1.165) is 25.1 Å². The Labute approximate surface area is 109 Å². The van der Waals surface area contributed by atoms with Crippen molar-refractivity contribution in [1.29, 1.82) is 0 Å². The molecule has 1 atom stereocenters. The van der Waals surface area contributed by atoms with Crippen molar-refractivity contribution in [3.63, 3.8) is 0 Å². The number of aliphatic hydroxyl groups excluding tert-OH is 1. The Morgan fingerprint density at radius 2 is 2.06 bits per heavy atom. The number of hydrogen-bond donors (Lipinski definition) is 1. The van der Waals surface area contributed by atoms with Crippen LogP contribution in [0.5, 0.6) is 5.75 Å². The van der Waals surface area contributed by atoms with E-state index in [-0.39, 0.29) is 0 Å². The van der Waals surface area contributed by atoms with Crippen LogP contribution in [-0.2, 0) is 0 Å². The summed E-state index contributed by atoms with van der Waals surface area (Å²) in [5.41, 5.74) is 1.39. The molecule has 1 aromatic carbocycles. The summed E-state index contributed by atoms with van der Waals surface area (Å²) in [4.78, 5) is 2.54. The Hall–Kier alpha value is -1.06. The highest BCUT2D eigenvalue weighted by Gasteiger charge is 2.25. The second-order valence-electron chi connectivity index (χ2n) is 4.90. The molecule has 0 aromatic heterocycles. The molecular weight excluding hydrogens is 226 g/mol. The molecule has 0 aliphatic carbocycles. The largest absolute Gasteiger partial charge is 0.497 e. The van der Waals surface area contributed by atoms with Crippen molar-refractivity contribution in [1.82, 2.24) is 4.90 Å². The molecule has 1 fully saturated rings. The summed E-state index contributed by atoms with van der Waals surface area (Å²) in [5, 5.41) is 8.85. The molecule has 1 N–H and O–H groups in total. The Balaban J connectivity index is 1.96. The van der Waals surface area contributed by atoms with Crippen LogP contribution in [-0.4, -0.2) is 36.8 Å². The van der Waals surface area contributed by atoms with Crippen LogP contribution in [0.2, 0.25) is 0 Å². The summed E-state index contributed by atoms with van der Waals surface area (Å²) in [6.45, 7) is 2.58. The van der Waals surface area contributed by atoms with Crippen molar-refractivity contribution in [3.05, 3.63) is 29.8 Å². The maximum absolute atomic E-state index is 8.85. The third-order valence-electron chi connectivity index (χ3n) is 3.72. The first-order valence-electron chi connectivity index (χ1n) is 6.84. The first-order chi connectivity index (χ1) is 8.85. The van der Waals surface area contributed by atoms with E-state index in [1.807, 2.05) is 12.1 Å². The Morgan fingerprint density at radius 3 is 2.72 bits per heavy atom. The van der Waals surface area contributed by atoms with Crippen LogP contribution in [0.3, 0.4) is 0 Å². The normalized spacial score (nSPS) is 20.2. The monoisotopic (exact) mass is 249 g/mol. The van der Waals surface area contributed by atoms with Crippen molar-refractivity contribution >= 4 is 0 Å². The lowest BCUT2D eigenvalue weighted by atomic mass is 10.0. The fraction of sp³-hybridized carbons (Fsp3) is 0.600. The number of methoxy groups -OCH3 is 1. The number of unbranched alkanes of at least 4 members (excludes halogenated alkanes) is 1. The lowest BCUT2D eigenvalue weighted by Gasteiger charge is -2.24. The van der Waals surface area contributed by atoms with Gasteiger partial charge in [-0.1, -0.05) is 12.1 Å². The summed E-state index contributed by atoms with van der Waals surface area (Å²) in [7, 11) is 1.70. The van der Waals surface area contributed by atoms with Gasteiger partial charge in [-0.15, -0.1) is 0 Å². The van der Waals surface area contributed by atoms with Crippen LogP contribution >= 0.6 is 0 Å². The Kier molecular flexibility index (Phi) is 5.02. The highest BCUT2D eigenvalue weighted by molar-refractivity contribution is 5.29. The Morgan fingerprint density at radius 1 is 1.28 bits per heavy atom. The van der Waals surface area contributed by atoms with Gasteiger partial charge in [-0.25, -0.2) is 0 Å². The van der Waals surface area contributed by atoms with Gasteiger partial charge in [-0.05, 0) is 56.5 Å². The topological polar surface area (TPSA) is 32.7 Å². The van der Waals surface area contributed by atoms with Crippen LogP contribution in [0.1, 0.15) is 37.3 Å². The van der Waals surface area contributed by atoms with Gasteiger partial charge in [0.25, 0.3) is 0 Å². The van der Waals surface area contributed by atoms with E-state index in [4.69, 9.17) is 9.84 Å². The third kappa shape index (κ3) is 3.24. The molecule has 1 unspecified atom stereocenters. The SMILES string of the molecule is COc1ccc(C2CCCN2CCCCO)cc1. The predicted octanol–water partition coefficient (Wildman–Crippen LogP) is 2.60. The molecule has 1 aromatic rings. The van der Waals surface area contributed by atoms with E-state index < -0.39 is 0 Å². The minimum Gasteiger partial charge on any atom is -0.497 e. The molecule has 0 radical (unpaired) electrons. The molecule has 0 spiro atoms. The van der Waals surface area contributed by atoms with Crippen molar-refractivity contribution in [2.45, 2.75) is 31.7 Å². The molecule has 100 valence electrons. The summed E-state index contributed by atoms with van der Waals surface area (Å²) in [5.74, 6) is 0.920. The quantitative estimate of drug-likeness (QED) is 0.787. The van der Waals surface area contributed by atoms with Gasteiger partial charge >= 0.3 is 0 Å². The minimum atomic E-state index is 0.307. The zero-order valence-electron chi connectivity index (χ0n) is 11.1. The van der Waals surface area contributed by atoms with Gasteiger partial charge in [0.2, 0.25) is 0 Å².